The second-order valence-corrected chi connectivity index (χ2v) is 10.9. The summed E-state index contributed by atoms with van der Waals surface area (Å²) in [4.78, 5) is 36.1. The van der Waals surface area contributed by atoms with Crippen molar-refractivity contribution in [1.82, 2.24) is 20.6 Å². The van der Waals surface area contributed by atoms with Crippen molar-refractivity contribution in [2.75, 3.05) is 30.9 Å². The average molecular weight is 568 g/mol. The normalized spacial score (nSPS) is 18.2. The molecule has 1 aliphatic rings. The molecule has 1 saturated carbocycles. The number of anilines is 2. The van der Waals surface area contributed by atoms with Crippen LogP contribution in [0, 0.1) is 5.92 Å². The van der Waals surface area contributed by atoms with Gasteiger partial charge in [-0.2, -0.15) is 4.98 Å². The van der Waals surface area contributed by atoms with Crippen molar-refractivity contribution in [3.8, 4) is 0 Å². The molecule has 2 aromatic carbocycles. The Hall–Kier alpha value is -3.20. The van der Waals surface area contributed by atoms with Crippen molar-refractivity contribution in [3.05, 3.63) is 58.6 Å². The first-order valence-electron chi connectivity index (χ1n) is 12.8. The van der Waals surface area contributed by atoms with E-state index in [1.165, 1.54) is 6.92 Å². The maximum absolute atomic E-state index is 12.9. The lowest BCUT2D eigenvalue weighted by Crippen LogP contribution is -2.48. The van der Waals surface area contributed by atoms with Crippen molar-refractivity contribution in [3.63, 3.8) is 0 Å². The lowest BCUT2D eigenvalue weighted by atomic mass is 9.86. The van der Waals surface area contributed by atoms with E-state index >= 15 is 0 Å². The Morgan fingerprint density at radius 3 is 2.41 bits per heavy atom. The molecule has 1 heterocycles. The fraction of sp³-hybridized carbons (Fsp3) is 0.429. The van der Waals surface area contributed by atoms with Crippen molar-refractivity contribution < 1.29 is 9.59 Å². The van der Waals surface area contributed by atoms with E-state index in [4.69, 9.17) is 9.97 Å². The minimum atomic E-state index is -0.590. The van der Waals surface area contributed by atoms with E-state index in [0.29, 0.717) is 30.9 Å². The van der Waals surface area contributed by atoms with E-state index in [2.05, 4.69) is 31.9 Å². The monoisotopic (exact) mass is 566 g/mol. The third-order valence-corrected chi connectivity index (χ3v) is 7.33. The zero-order valence-electron chi connectivity index (χ0n) is 21.6. The molecule has 1 atom stereocenters. The van der Waals surface area contributed by atoms with Gasteiger partial charge < -0.3 is 20.9 Å². The van der Waals surface area contributed by atoms with Gasteiger partial charge in [0.1, 0.15) is 11.9 Å². The number of para-hydroxylation sites is 1. The highest BCUT2D eigenvalue weighted by Crippen LogP contribution is 2.28. The van der Waals surface area contributed by atoms with Crippen molar-refractivity contribution in [1.29, 1.82) is 0 Å². The zero-order chi connectivity index (χ0) is 26.4. The molecule has 196 valence electrons. The summed E-state index contributed by atoms with van der Waals surface area (Å²) >= 11 is 3.43. The number of aromatic nitrogens is 2. The molecule has 0 aliphatic heterocycles. The van der Waals surface area contributed by atoms with E-state index in [-0.39, 0.29) is 11.8 Å². The Kier molecular flexibility index (Phi) is 8.97. The zero-order valence-corrected chi connectivity index (χ0v) is 23.2. The second-order valence-electron chi connectivity index (χ2n) is 9.97. The number of fused-ring (bicyclic) bond motifs is 1. The topological polar surface area (TPSA) is 99.2 Å². The first kappa shape index (κ1) is 26.9. The molecule has 1 aliphatic carbocycles. The van der Waals surface area contributed by atoms with E-state index in [0.717, 1.165) is 52.4 Å². The molecule has 8 nitrogen and oxygen atoms in total. The summed E-state index contributed by atoms with van der Waals surface area (Å²) in [7, 11) is 3.99. The van der Waals surface area contributed by atoms with Gasteiger partial charge in [-0.25, -0.2) is 4.98 Å². The van der Waals surface area contributed by atoms with Gasteiger partial charge >= 0.3 is 0 Å². The molecule has 3 aromatic rings. The van der Waals surface area contributed by atoms with Crippen LogP contribution < -0.4 is 20.9 Å². The molecule has 0 bridgehead atoms. The van der Waals surface area contributed by atoms with Crippen molar-refractivity contribution in [2.45, 2.75) is 51.1 Å². The number of halogens is 1. The number of rotatable bonds is 9. The van der Waals surface area contributed by atoms with Gasteiger partial charge in [-0.3, -0.25) is 9.59 Å². The summed E-state index contributed by atoms with van der Waals surface area (Å²) in [6.07, 6.45) is 4.44. The van der Waals surface area contributed by atoms with Crippen LogP contribution in [0.2, 0.25) is 0 Å². The number of carbonyl (C=O) groups excluding carboxylic acids is 2. The van der Waals surface area contributed by atoms with Crippen LogP contribution in [0.25, 0.3) is 10.9 Å². The summed E-state index contributed by atoms with van der Waals surface area (Å²) in [5.74, 6) is 1.62. The highest BCUT2D eigenvalue weighted by atomic mass is 79.9. The third-order valence-electron chi connectivity index (χ3n) is 6.80. The van der Waals surface area contributed by atoms with Gasteiger partial charge in [0.25, 0.3) is 0 Å². The van der Waals surface area contributed by atoms with E-state index in [1.54, 1.807) is 0 Å². The van der Waals surface area contributed by atoms with E-state index in [9.17, 15) is 9.59 Å². The molecule has 37 heavy (non-hydrogen) atoms. The summed E-state index contributed by atoms with van der Waals surface area (Å²) < 4.78 is 0.979. The van der Waals surface area contributed by atoms with Crippen LogP contribution in [0.1, 0.15) is 38.2 Å². The Labute approximate surface area is 226 Å². The second kappa shape index (κ2) is 12.4. The summed E-state index contributed by atoms with van der Waals surface area (Å²) in [6, 6.07) is 15.6. The number of nitrogens with zero attached hydrogens (tertiary/aromatic N) is 3. The van der Waals surface area contributed by atoms with Gasteiger partial charge in [-0.05, 0) is 61.4 Å². The third kappa shape index (κ3) is 7.41. The Balaban J connectivity index is 1.29. The molecular weight excluding hydrogens is 532 g/mol. The Morgan fingerprint density at radius 1 is 1.03 bits per heavy atom. The summed E-state index contributed by atoms with van der Waals surface area (Å²) in [5.41, 5.74) is 1.92. The molecule has 0 radical (unpaired) electrons. The quantitative estimate of drug-likeness (QED) is 0.357. The van der Waals surface area contributed by atoms with Crippen LogP contribution in [0.3, 0.4) is 0 Å². The predicted octanol–water partition coefficient (Wildman–Crippen LogP) is 4.29. The predicted molar refractivity (Wildman–Crippen MR) is 152 cm³/mol. The first-order valence-corrected chi connectivity index (χ1v) is 13.6. The van der Waals surface area contributed by atoms with Gasteiger partial charge in [-0.15, -0.1) is 0 Å². The minimum Gasteiger partial charge on any atom is -0.362 e. The van der Waals surface area contributed by atoms with E-state index in [1.807, 2.05) is 67.5 Å². The van der Waals surface area contributed by atoms with Crippen molar-refractivity contribution in [2.24, 2.45) is 5.92 Å². The maximum Gasteiger partial charge on any atom is 0.242 e. The molecule has 0 saturated heterocycles. The smallest absolute Gasteiger partial charge is 0.242 e. The van der Waals surface area contributed by atoms with Gasteiger partial charge in [0.15, 0.2) is 0 Å². The minimum absolute atomic E-state index is 0.140. The first-order chi connectivity index (χ1) is 17.8. The largest absolute Gasteiger partial charge is 0.362 e. The van der Waals surface area contributed by atoms with Crippen LogP contribution >= 0.6 is 15.9 Å². The van der Waals surface area contributed by atoms with Gasteiger partial charge in [0.05, 0.1) is 5.52 Å². The number of amides is 2. The molecular formula is C28H35BrN6O2. The van der Waals surface area contributed by atoms with Crippen LogP contribution in [0.15, 0.2) is 53.0 Å². The highest BCUT2D eigenvalue weighted by Gasteiger charge is 2.25. The number of hydrogen-bond donors (Lipinski definition) is 3. The van der Waals surface area contributed by atoms with Crippen molar-refractivity contribution >= 4 is 50.4 Å². The molecule has 3 N–H and O–H groups in total. The number of nitrogens with one attached hydrogen (secondary N) is 3. The SMILES string of the molecule is CC(=O)NC(Cc1ccc(Br)cc1)C(=O)NCC1CCC(Nc2nc(N(C)C)c3ccccc3n2)CC1. The summed E-state index contributed by atoms with van der Waals surface area (Å²) in [5, 5.41) is 10.5. The van der Waals surface area contributed by atoms with Crippen LogP contribution in [0.5, 0.6) is 0 Å². The van der Waals surface area contributed by atoms with Gasteiger partial charge in [-0.1, -0.05) is 40.2 Å². The molecule has 9 heteroatoms. The van der Waals surface area contributed by atoms with Gasteiger partial charge in [0, 0.05) is 49.9 Å². The Bertz CT molecular complexity index is 1230. The maximum atomic E-state index is 12.9. The molecule has 0 spiro atoms. The summed E-state index contributed by atoms with van der Waals surface area (Å²) in [6.45, 7) is 2.05. The standard InChI is InChI=1S/C28H35BrN6O2/c1-18(36)31-25(16-19-8-12-21(29)13-9-19)27(37)30-17-20-10-14-22(15-11-20)32-28-33-24-7-5-4-6-23(24)26(34-28)35(2)3/h4-9,12-13,20,22,25H,10-11,14-17H2,1-3H3,(H,30,37)(H,31,36)(H,32,33,34). The van der Waals surface area contributed by atoms with E-state index < -0.39 is 6.04 Å². The fourth-order valence-corrected chi connectivity index (χ4v) is 5.10. The van der Waals surface area contributed by atoms with Crippen LogP contribution in [-0.4, -0.2) is 54.5 Å². The molecule has 1 unspecified atom stereocenters. The van der Waals surface area contributed by atoms with Gasteiger partial charge in [0.2, 0.25) is 17.8 Å². The fourth-order valence-electron chi connectivity index (χ4n) is 4.84. The molecule has 1 aromatic heterocycles. The lowest BCUT2D eigenvalue weighted by Gasteiger charge is -2.30. The molecule has 1 fully saturated rings. The number of benzene rings is 2. The number of hydrogen-bond acceptors (Lipinski definition) is 6. The van der Waals surface area contributed by atoms with Crippen LogP contribution in [0.4, 0.5) is 11.8 Å². The average Bonchev–Trinajstić information content (AvgIpc) is 2.88. The highest BCUT2D eigenvalue weighted by molar-refractivity contribution is 9.10. The number of carbonyl (C=O) groups is 2. The molecule has 4 rings (SSSR count). The van der Waals surface area contributed by atoms with Crippen LogP contribution in [-0.2, 0) is 16.0 Å². The molecule has 2 amide bonds. The lowest BCUT2D eigenvalue weighted by molar-refractivity contribution is -0.128. The Morgan fingerprint density at radius 2 is 1.73 bits per heavy atom.